The Morgan fingerprint density at radius 2 is 2.14 bits per heavy atom. The van der Waals surface area contributed by atoms with Crippen molar-refractivity contribution in [2.45, 2.75) is 13.8 Å². The lowest BCUT2D eigenvalue weighted by atomic mass is 10.2. The van der Waals surface area contributed by atoms with Crippen LogP contribution in [0.1, 0.15) is 23.0 Å². The zero-order valence-corrected chi connectivity index (χ0v) is 7.87. The lowest BCUT2D eigenvalue weighted by molar-refractivity contribution is -0.114. The van der Waals surface area contributed by atoms with Crippen molar-refractivity contribution in [3.05, 3.63) is 23.5 Å². The molecule has 1 heterocycles. The molecule has 0 bridgehead atoms. The number of anilines is 1. The molecule has 5 heteroatoms. The van der Waals surface area contributed by atoms with Crippen molar-refractivity contribution in [2.24, 2.45) is 0 Å². The highest BCUT2D eigenvalue weighted by atomic mass is 16.4. The van der Waals surface area contributed by atoms with E-state index in [0.29, 0.717) is 11.3 Å². The number of carbonyl (C=O) groups excluding carboxylic acids is 1. The van der Waals surface area contributed by atoms with Crippen molar-refractivity contribution in [1.29, 1.82) is 0 Å². The molecule has 0 saturated heterocycles. The number of hydrogen-bond acceptors (Lipinski definition) is 3. The molecule has 0 unspecified atom stereocenters. The molecular weight excluding hydrogens is 184 g/mol. The van der Waals surface area contributed by atoms with E-state index in [0.717, 1.165) is 0 Å². The van der Waals surface area contributed by atoms with E-state index in [2.05, 4.69) is 10.3 Å². The van der Waals surface area contributed by atoms with E-state index >= 15 is 0 Å². The van der Waals surface area contributed by atoms with Crippen LogP contribution >= 0.6 is 0 Å². The summed E-state index contributed by atoms with van der Waals surface area (Å²) in [6.45, 7) is 2.96. The molecule has 0 fully saturated rings. The smallest absolute Gasteiger partial charge is 0.354 e. The monoisotopic (exact) mass is 194 g/mol. The number of carboxylic acid groups (broad SMARTS) is 1. The number of carboxylic acids is 1. The van der Waals surface area contributed by atoms with Gasteiger partial charge < -0.3 is 10.4 Å². The van der Waals surface area contributed by atoms with Crippen LogP contribution in [-0.4, -0.2) is 22.0 Å². The molecule has 0 aliphatic rings. The number of nitrogens with zero attached hydrogens (tertiary/aromatic N) is 1. The van der Waals surface area contributed by atoms with Gasteiger partial charge in [-0.05, 0) is 13.0 Å². The second-order valence-corrected chi connectivity index (χ2v) is 2.82. The largest absolute Gasteiger partial charge is 0.477 e. The number of rotatable bonds is 2. The number of nitrogens with one attached hydrogen (secondary N) is 1. The molecule has 1 rings (SSSR count). The quantitative estimate of drug-likeness (QED) is 0.737. The second kappa shape index (κ2) is 3.87. The van der Waals surface area contributed by atoms with Gasteiger partial charge >= 0.3 is 5.97 Å². The highest BCUT2D eigenvalue weighted by molar-refractivity contribution is 5.93. The maximum absolute atomic E-state index is 10.8. The van der Waals surface area contributed by atoms with Gasteiger partial charge in [-0.1, -0.05) is 0 Å². The number of amides is 1. The summed E-state index contributed by atoms with van der Waals surface area (Å²) in [4.78, 5) is 25.1. The van der Waals surface area contributed by atoms with E-state index in [9.17, 15) is 9.59 Å². The van der Waals surface area contributed by atoms with Gasteiger partial charge in [-0.3, -0.25) is 4.79 Å². The average Bonchev–Trinajstić information content (AvgIpc) is 2.07. The maximum atomic E-state index is 10.8. The molecule has 0 aromatic carbocycles. The fraction of sp³-hybridized carbons (Fsp3) is 0.222. The molecule has 2 N–H and O–H groups in total. The Morgan fingerprint density at radius 1 is 1.50 bits per heavy atom. The number of carbonyl (C=O) groups is 2. The minimum Gasteiger partial charge on any atom is -0.477 e. The van der Waals surface area contributed by atoms with Crippen LogP contribution in [0.2, 0.25) is 0 Å². The normalized spacial score (nSPS) is 9.57. The molecule has 0 saturated carbocycles. The zero-order chi connectivity index (χ0) is 10.7. The summed E-state index contributed by atoms with van der Waals surface area (Å²) in [5, 5.41) is 11.3. The first-order valence-electron chi connectivity index (χ1n) is 3.99. The fourth-order valence-corrected chi connectivity index (χ4v) is 1.08. The van der Waals surface area contributed by atoms with Crippen LogP contribution in [0.15, 0.2) is 12.3 Å². The number of hydrogen-bond donors (Lipinski definition) is 2. The summed E-state index contributed by atoms with van der Waals surface area (Å²) in [6, 6.07) is 1.56. The minimum atomic E-state index is -1.10. The molecular formula is C9H10N2O3. The Hall–Kier alpha value is -1.91. The third-order valence-electron chi connectivity index (χ3n) is 1.72. The first kappa shape index (κ1) is 10.2. The standard InChI is InChI=1S/C9H10N2O3/c1-5-7(11-6(2)12)3-4-10-8(5)9(13)14/h3-4H,1-2H3,(H,13,14)(H,10,11,12). The van der Waals surface area contributed by atoms with Crippen molar-refractivity contribution in [1.82, 2.24) is 4.98 Å². The highest BCUT2D eigenvalue weighted by Gasteiger charge is 2.11. The molecule has 1 amide bonds. The molecule has 0 spiro atoms. The summed E-state index contributed by atoms with van der Waals surface area (Å²) in [7, 11) is 0. The maximum Gasteiger partial charge on any atom is 0.354 e. The number of aromatic carboxylic acids is 1. The van der Waals surface area contributed by atoms with E-state index < -0.39 is 5.97 Å². The lowest BCUT2D eigenvalue weighted by Crippen LogP contribution is -2.11. The van der Waals surface area contributed by atoms with Gasteiger partial charge in [0.25, 0.3) is 0 Å². The first-order valence-corrected chi connectivity index (χ1v) is 3.99. The van der Waals surface area contributed by atoms with Gasteiger partial charge in [-0.25, -0.2) is 9.78 Å². The molecule has 5 nitrogen and oxygen atoms in total. The van der Waals surface area contributed by atoms with Crippen LogP contribution < -0.4 is 5.32 Å². The Morgan fingerprint density at radius 3 is 2.64 bits per heavy atom. The first-order chi connectivity index (χ1) is 6.52. The third-order valence-corrected chi connectivity index (χ3v) is 1.72. The topological polar surface area (TPSA) is 79.3 Å². The molecule has 14 heavy (non-hydrogen) atoms. The Bertz CT molecular complexity index is 388. The van der Waals surface area contributed by atoms with Crippen LogP contribution in [0.5, 0.6) is 0 Å². The van der Waals surface area contributed by atoms with E-state index in [-0.39, 0.29) is 11.6 Å². The summed E-state index contributed by atoms with van der Waals surface area (Å²) in [5.74, 6) is -1.34. The van der Waals surface area contributed by atoms with Crippen molar-refractivity contribution in [2.75, 3.05) is 5.32 Å². The minimum absolute atomic E-state index is 0.0451. The van der Waals surface area contributed by atoms with Gasteiger partial charge in [-0.2, -0.15) is 0 Å². The van der Waals surface area contributed by atoms with Gasteiger partial charge in [0.15, 0.2) is 5.69 Å². The van der Waals surface area contributed by atoms with Crippen LogP contribution in [0.4, 0.5) is 5.69 Å². The third kappa shape index (κ3) is 2.07. The fourth-order valence-electron chi connectivity index (χ4n) is 1.08. The van der Waals surface area contributed by atoms with Crippen molar-refractivity contribution in [3.63, 3.8) is 0 Å². The molecule has 74 valence electrons. The van der Waals surface area contributed by atoms with E-state index in [1.165, 1.54) is 13.1 Å². The summed E-state index contributed by atoms with van der Waals surface area (Å²) in [6.07, 6.45) is 1.35. The van der Waals surface area contributed by atoms with Crippen LogP contribution in [0.25, 0.3) is 0 Å². The van der Waals surface area contributed by atoms with Crippen molar-refractivity contribution < 1.29 is 14.7 Å². The van der Waals surface area contributed by atoms with Crippen molar-refractivity contribution >= 4 is 17.6 Å². The number of pyridine rings is 1. The molecule has 1 aromatic heterocycles. The second-order valence-electron chi connectivity index (χ2n) is 2.82. The molecule has 1 aromatic rings. The van der Waals surface area contributed by atoms with Gasteiger partial charge in [0, 0.05) is 24.4 Å². The zero-order valence-electron chi connectivity index (χ0n) is 7.87. The molecule has 0 aliphatic carbocycles. The van der Waals surface area contributed by atoms with Gasteiger partial charge in [0.1, 0.15) is 0 Å². The summed E-state index contributed by atoms with van der Waals surface area (Å²) >= 11 is 0. The Labute approximate surface area is 80.8 Å². The van der Waals surface area contributed by atoms with Gasteiger partial charge in [0.2, 0.25) is 5.91 Å². The lowest BCUT2D eigenvalue weighted by Gasteiger charge is -2.07. The highest BCUT2D eigenvalue weighted by Crippen LogP contribution is 2.16. The Kier molecular flexibility index (Phi) is 2.81. The van der Waals surface area contributed by atoms with E-state index in [1.54, 1.807) is 13.0 Å². The predicted octanol–water partition coefficient (Wildman–Crippen LogP) is 1.05. The van der Waals surface area contributed by atoms with E-state index in [1.807, 2.05) is 0 Å². The molecule has 0 atom stereocenters. The van der Waals surface area contributed by atoms with Gasteiger partial charge in [-0.15, -0.1) is 0 Å². The number of aromatic nitrogens is 1. The molecule has 0 radical (unpaired) electrons. The predicted molar refractivity (Wildman–Crippen MR) is 50.2 cm³/mol. The average molecular weight is 194 g/mol. The SMILES string of the molecule is CC(=O)Nc1ccnc(C(=O)O)c1C. The van der Waals surface area contributed by atoms with Crippen molar-refractivity contribution in [3.8, 4) is 0 Å². The van der Waals surface area contributed by atoms with Gasteiger partial charge in [0.05, 0.1) is 0 Å². The van der Waals surface area contributed by atoms with E-state index in [4.69, 9.17) is 5.11 Å². The molecule has 0 aliphatic heterocycles. The van der Waals surface area contributed by atoms with Crippen LogP contribution in [0, 0.1) is 6.92 Å². The Balaban J connectivity index is 3.13. The van der Waals surface area contributed by atoms with Crippen LogP contribution in [0.3, 0.4) is 0 Å². The summed E-state index contributed by atoms with van der Waals surface area (Å²) in [5.41, 5.74) is 0.886. The van der Waals surface area contributed by atoms with Crippen LogP contribution in [-0.2, 0) is 4.79 Å². The summed E-state index contributed by atoms with van der Waals surface area (Å²) < 4.78 is 0.